The van der Waals surface area contributed by atoms with Gasteiger partial charge in [0.15, 0.2) is 6.10 Å². The largest absolute Gasteiger partial charge is 0.449 e. The van der Waals surface area contributed by atoms with Gasteiger partial charge in [0.05, 0.1) is 4.92 Å². The Hall–Kier alpha value is -2.70. The van der Waals surface area contributed by atoms with Crippen molar-refractivity contribution in [2.24, 2.45) is 0 Å². The highest BCUT2D eigenvalue weighted by Crippen LogP contribution is 2.17. The fourth-order valence-corrected chi connectivity index (χ4v) is 1.34. The molecular weight excluding hydrogens is 264 g/mol. The van der Waals surface area contributed by atoms with E-state index in [9.17, 15) is 19.7 Å². The number of benzene rings is 1. The van der Waals surface area contributed by atoms with E-state index in [-0.39, 0.29) is 11.4 Å². The number of nitro groups is 1. The van der Waals surface area contributed by atoms with Crippen LogP contribution in [0.5, 0.6) is 0 Å². The Morgan fingerprint density at radius 3 is 2.75 bits per heavy atom. The maximum Gasteiger partial charge on any atom is 0.331 e. The van der Waals surface area contributed by atoms with Gasteiger partial charge >= 0.3 is 5.97 Å². The summed E-state index contributed by atoms with van der Waals surface area (Å²) in [7, 11) is 0. The van der Waals surface area contributed by atoms with Crippen LogP contribution in [0.25, 0.3) is 0 Å². The van der Waals surface area contributed by atoms with Crippen LogP contribution < -0.4 is 5.32 Å². The molecule has 0 radical (unpaired) electrons. The molecule has 0 aliphatic heterocycles. The summed E-state index contributed by atoms with van der Waals surface area (Å²) in [6.07, 6.45) is 1.68. The Morgan fingerprint density at radius 2 is 2.15 bits per heavy atom. The molecule has 0 unspecified atom stereocenters. The van der Waals surface area contributed by atoms with Crippen LogP contribution in [0.3, 0.4) is 0 Å². The number of esters is 1. The Kier molecular flexibility index (Phi) is 5.40. The van der Waals surface area contributed by atoms with Gasteiger partial charge < -0.3 is 10.1 Å². The molecule has 106 valence electrons. The van der Waals surface area contributed by atoms with Crippen LogP contribution >= 0.6 is 0 Å². The first-order valence-electron chi connectivity index (χ1n) is 5.82. The molecule has 0 fully saturated rings. The summed E-state index contributed by atoms with van der Waals surface area (Å²) in [6, 6.07) is 5.49. The minimum atomic E-state index is -1.00. The molecule has 0 aromatic heterocycles. The number of nitrogens with zero attached hydrogens (tertiary/aromatic N) is 1. The van der Waals surface area contributed by atoms with Crippen LogP contribution in [0.15, 0.2) is 36.4 Å². The number of anilines is 1. The normalized spacial score (nSPS) is 11.9. The Labute approximate surface area is 115 Å². The number of allylic oxidation sites excluding steroid dienone is 1. The summed E-state index contributed by atoms with van der Waals surface area (Å²) in [5.74, 6) is -1.20. The third-order valence-corrected chi connectivity index (χ3v) is 2.29. The van der Waals surface area contributed by atoms with Crippen molar-refractivity contribution in [3.05, 3.63) is 46.5 Å². The van der Waals surface area contributed by atoms with Crippen LogP contribution in [0, 0.1) is 10.1 Å². The number of hydrogen-bond donors (Lipinski definition) is 1. The number of carbonyl (C=O) groups excluding carboxylic acids is 2. The molecule has 0 saturated carbocycles. The molecule has 1 amide bonds. The van der Waals surface area contributed by atoms with Gasteiger partial charge in [0.25, 0.3) is 11.6 Å². The van der Waals surface area contributed by atoms with Crippen LogP contribution in [-0.4, -0.2) is 22.9 Å². The minimum absolute atomic E-state index is 0.138. The van der Waals surface area contributed by atoms with E-state index < -0.39 is 22.9 Å². The van der Waals surface area contributed by atoms with Gasteiger partial charge in [-0.3, -0.25) is 14.9 Å². The molecule has 1 rings (SSSR count). The molecule has 1 N–H and O–H groups in total. The van der Waals surface area contributed by atoms with Gasteiger partial charge in [-0.05, 0) is 19.9 Å². The third-order valence-electron chi connectivity index (χ3n) is 2.29. The van der Waals surface area contributed by atoms with Crippen molar-refractivity contribution in [2.75, 3.05) is 5.32 Å². The summed E-state index contributed by atoms with van der Waals surface area (Å²) in [4.78, 5) is 33.0. The van der Waals surface area contributed by atoms with E-state index in [2.05, 4.69) is 5.32 Å². The first kappa shape index (κ1) is 15.4. The number of non-ortho nitro benzene ring substituents is 1. The van der Waals surface area contributed by atoms with Crippen LogP contribution in [-0.2, 0) is 14.3 Å². The molecule has 7 heteroatoms. The minimum Gasteiger partial charge on any atom is -0.449 e. The van der Waals surface area contributed by atoms with Gasteiger partial charge in [-0.15, -0.1) is 0 Å². The highest BCUT2D eigenvalue weighted by molar-refractivity contribution is 5.96. The average molecular weight is 278 g/mol. The zero-order valence-corrected chi connectivity index (χ0v) is 11.0. The molecule has 1 atom stereocenters. The molecular formula is C13H14N2O5. The lowest BCUT2D eigenvalue weighted by atomic mass is 10.2. The molecule has 0 aliphatic carbocycles. The van der Waals surface area contributed by atoms with Crippen molar-refractivity contribution in [2.45, 2.75) is 20.0 Å². The molecule has 7 nitrogen and oxygen atoms in total. The quantitative estimate of drug-likeness (QED) is 0.384. The summed E-state index contributed by atoms with van der Waals surface area (Å²) >= 11 is 0. The number of nitro benzene ring substituents is 1. The topological polar surface area (TPSA) is 98.5 Å². The van der Waals surface area contributed by atoms with E-state index in [1.807, 2.05) is 0 Å². The monoisotopic (exact) mass is 278 g/mol. The first-order valence-corrected chi connectivity index (χ1v) is 5.82. The smallest absolute Gasteiger partial charge is 0.331 e. The Morgan fingerprint density at radius 1 is 1.45 bits per heavy atom. The Balaban J connectivity index is 2.68. The second kappa shape index (κ2) is 7.03. The summed E-state index contributed by atoms with van der Waals surface area (Å²) in [6.45, 7) is 3.06. The van der Waals surface area contributed by atoms with Crippen LogP contribution in [0.2, 0.25) is 0 Å². The SMILES string of the molecule is C/C=C/C(=O)O[C@H](C)C(=O)Nc1cccc([N+](=O)[O-])c1. The van der Waals surface area contributed by atoms with Gasteiger partial charge in [-0.1, -0.05) is 12.1 Å². The number of nitrogens with one attached hydrogen (secondary N) is 1. The van der Waals surface area contributed by atoms with E-state index in [4.69, 9.17) is 4.74 Å². The van der Waals surface area contributed by atoms with E-state index in [1.54, 1.807) is 6.92 Å². The maximum absolute atomic E-state index is 11.8. The lowest BCUT2D eigenvalue weighted by molar-refractivity contribution is -0.384. The number of rotatable bonds is 5. The molecule has 0 heterocycles. The highest BCUT2D eigenvalue weighted by atomic mass is 16.6. The molecule has 1 aromatic rings. The molecule has 20 heavy (non-hydrogen) atoms. The predicted molar refractivity (Wildman–Crippen MR) is 72.1 cm³/mol. The summed E-state index contributed by atoms with van der Waals surface area (Å²) < 4.78 is 4.83. The fourth-order valence-electron chi connectivity index (χ4n) is 1.34. The predicted octanol–water partition coefficient (Wildman–Crippen LogP) is 2.04. The van der Waals surface area contributed by atoms with Gasteiger partial charge in [-0.25, -0.2) is 4.79 Å². The molecule has 0 saturated heterocycles. The average Bonchev–Trinajstić information content (AvgIpc) is 2.39. The van der Waals surface area contributed by atoms with Gasteiger partial charge in [-0.2, -0.15) is 0 Å². The number of hydrogen-bond acceptors (Lipinski definition) is 5. The summed E-state index contributed by atoms with van der Waals surface area (Å²) in [5.41, 5.74) is 0.125. The zero-order chi connectivity index (χ0) is 15.1. The number of carbonyl (C=O) groups is 2. The fraction of sp³-hybridized carbons (Fsp3) is 0.231. The lowest BCUT2D eigenvalue weighted by Crippen LogP contribution is -2.29. The first-order chi connectivity index (χ1) is 9.43. The Bertz CT molecular complexity index is 553. The zero-order valence-electron chi connectivity index (χ0n) is 11.0. The highest BCUT2D eigenvalue weighted by Gasteiger charge is 2.17. The van der Waals surface area contributed by atoms with Crippen molar-refractivity contribution in [1.82, 2.24) is 0 Å². The van der Waals surface area contributed by atoms with Crippen LogP contribution in [0.4, 0.5) is 11.4 Å². The van der Waals surface area contributed by atoms with E-state index >= 15 is 0 Å². The second-order valence-corrected chi connectivity index (χ2v) is 3.88. The van der Waals surface area contributed by atoms with Crippen molar-refractivity contribution < 1.29 is 19.2 Å². The van der Waals surface area contributed by atoms with Crippen LogP contribution in [0.1, 0.15) is 13.8 Å². The standard InChI is InChI=1S/C13H14N2O5/c1-3-5-12(16)20-9(2)13(17)14-10-6-4-7-11(8-10)15(18)19/h3-9H,1-2H3,(H,14,17)/b5-3+/t9-/m1/s1. The number of amides is 1. The molecule has 0 aliphatic rings. The third kappa shape index (κ3) is 4.52. The van der Waals surface area contributed by atoms with E-state index in [1.165, 1.54) is 43.3 Å². The second-order valence-electron chi connectivity index (χ2n) is 3.88. The van der Waals surface area contributed by atoms with E-state index in [0.717, 1.165) is 0 Å². The van der Waals surface area contributed by atoms with Crippen molar-refractivity contribution in [3.63, 3.8) is 0 Å². The number of ether oxygens (including phenoxy) is 1. The molecule has 0 spiro atoms. The van der Waals surface area contributed by atoms with Gasteiger partial charge in [0, 0.05) is 23.9 Å². The van der Waals surface area contributed by atoms with Crippen molar-refractivity contribution in [1.29, 1.82) is 0 Å². The van der Waals surface area contributed by atoms with Crippen molar-refractivity contribution in [3.8, 4) is 0 Å². The van der Waals surface area contributed by atoms with Gasteiger partial charge in [0.1, 0.15) is 0 Å². The van der Waals surface area contributed by atoms with E-state index in [0.29, 0.717) is 0 Å². The molecule has 1 aromatic carbocycles. The van der Waals surface area contributed by atoms with Crippen molar-refractivity contribution >= 4 is 23.3 Å². The molecule has 0 bridgehead atoms. The lowest BCUT2D eigenvalue weighted by Gasteiger charge is -2.12. The van der Waals surface area contributed by atoms with Gasteiger partial charge in [0.2, 0.25) is 0 Å². The summed E-state index contributed by atoms with van der Waals surface area (Å²) in [5, 5.41) is 13.0. The maximum atomic E-state index is 11.8.